The third-order valence-corrected chi connectivity index (χ3v) is 6.70. The van der Waals surface area contributed by atoms with Crippen molar-refractivity contribution in [2.75, 3.05) is 26.8 Å². The van der Waals surface area contributed by atoms with E-state index in [9.17, 15) is 14.7 Å². The van der Waals surface area contributed by atoms with E-state index in [2.05, 4.69) is 24.0 Å². The van der Waals surface area contributed by atoms with Crippen molar-refractivity contribution >= 4 is 5.91 Å². The van der Waals surface area contributed by atoms with Gasteiger partial charge in [-0.3, -0.25) is 14.2 Å². The van der Waals surface area contributed by atoms with E-state index in [1.54, 1.807) is 16.6 Å². The van der Waals surface area contributed by atoms with Crippen molar-refractivity contribution < 1.29 is 14.6 Å². The number of carbonyl (C=O) groups is 1. The van der Waals surface area contributed by atoms with E-state index in [0.717, 1.165) is 24.8 Å². The molecule has 1 aromatic heterocycles. The van der Waals surface area contributed by atoms with Gasteiger partial charge in [-0.1, -0.05) is 74.0 Å². The highest BCUT2D eigenvalue weighted by Crippen LogP contribution is 2.29. The number of benzene rings is 2. The Hall–Kier alpha value is -3.45. The zero-order valence-corrected chi connectivity index (χ0v) is 20.4. The van der Waals surface area contributed by atoms with Crippen LogP contribution in [-0.4, -0.2) is 52.3 Å². The Labute approximate surface area is 206 Å². The van der Waals surface area contributed by atoms with Crippen LogP contribution in [0.3, 0.4) is 0 Å². The number of hydrogen-bond donors (Lipinski definition) is 1. The summed E-state index contributed by atoms with van der Waals surface area (Å²) in [5, 5.41) is 10.8. The molecule has 0 radical (unpaired) electrons. The molecule has 0 aliphatic carbocycles. The number of unbranched alkanes of at least 4 members (excludes halogenated alkanes) is 1. The second-order valence-corrected chi connectivity index (χ2v) is 9.03. The molecule has 1 aliphatic heterocycles. The molecular weight excluding hydrogens is 442 g/mol. The summed E-state index contributed by atoms with van der Waals surface area (Å²) in [4.78, 5) is 33.5. The van der Waals surface area contributed by atoms with Gasteiger partial charge < -0.3 is 14.7 Å². The van der Waals surface area contributed by atoms with Crippen LogP contribution in [0.5, 0.6) is 5.88 Å². The smallest absolute Gasteiger partial charge is 0.271 e. The van der Waals surface area contributed by atoms with Crippen molar-refractivity contribution in [2.45, 2.75) is 44.6 Å². The van der Waals surface area contributed by atoms with E-state index in [1.807, 2.05) is 48.5 Å². The van der Waals surface area contributed by atoms with Gasteiger partial charge in [0.15, 0.2) is 5.56 Å². The Balaban J connectivity index is 1.74. The first-order valence-corrected chi connectivity index (χ1v) is 12.3. The van der Waals surface area contributed by atoms with Gasteiger partial charge in [0, 0.05) is 32.5 Å². The number of likely N-dealkylation sites (tertiary alicyclic amines) is 1. The third-order valence-electron chi connectivity index (χ3n) is 6.70. The monoisotopic (exact) mass is 475 g/mol. The van der Waals surface area contributed by atoms with Crippen LogP contribution in [0.4, 0.5) is 0 Å². The average Bonchev–Trinajstić information content (AvgIpc) is 3.38. The van der Waals surface area contributed by atoms with Crippen molar-refractivity contribution in [3.05, 3.63) is 93.5 Å². The summed E-state index contributed by atoms with van der Waals surface area (Å²) in [6, 6.07) is 19.2. The number of nitrogens with zero attached hydrogens (tertiary/aromatic N) is 3. The van der Waals surface area contributed by atoms with Gasteiger partial charge in [0.05, 0.1) is 12.6 Å². The van der Waals surface area contributed by atoms with Crippen LogP contribution in [0.15, 0.2) is 65.5 Å². The minimum Gasteiger partial charge on any atom is -0.493 e. The largest absolute Gasteiger partial charge is 0.493 e. The van der Waals surface area contributed by atoms with Crippen molar-refractivity contribution in [1.29, 1.82) is 0 Å². The van der Waals surface area contributed by atoms with E-state index in [4.69, 9.17) is 4.74 Å². The fraction of sp³-hybridized carbons (Fsp3) is 0.393. The molecule has 1 N–H and O–H groups in total. The molecule has 4 rings (SSSR count). The topological polar surface area (TPSA) is 84.7 Å². The lowest BCUT2D eigenvalue weighted by molar-refractivity contribution is 0.0783. The average molecular weight is 476 g/mol. The fourth-order valence-electron chi connectivity index (χ4n) is 4.84. The van der Waals surface area contributed by atoms with E-state index in [0.29, 0.717) is 25.3 Å². The summed E-state index contributed by atoms with van der Waals surface area (Å²) in [6.07, 6.45) is 3.04. The maximum Gasteiger partial charge on any atom is 0.271 e. The Bertz CT molecular complexity index is 1190. The number of aryl methyl sites for hydroxylation is 1. The maximum atomic E-state index is 13.9. The molecule has 2 aromatic carbocycles. The molecule has 3 aromatic rings. The van der Waals surface area contributed by atoms with E-state index < -0.39 is 23.4 Å². The lowest BCUT2D eigenvalue weighted by Gasteiger charge is -2.24. The summed E-state index contributed by atoms with van der Waals surface area (Å²) in [5.41, 5.74) is 1.26. The van der Waals surface area contributed by atoms with Gasteiger partial charge >= 0.3 is 0 Å². The van der Waals surface area contributed by atoms with E-state index in [1.165, 1.54) is 5.56 Å². The number of amides is 1. The molecule has 1 aliphatic rings. The minimum atomic E-state index is -0.525. The van der Waals surface area contributed by atoms with Crippen molar-refractivity contribution in [3.8, 4) is 5.88 Å². The summed E-state index contributed by atoms with van der Waals surface area (Å²) in [6.45, 7) is 3.32. The molecule has 35 heavy (non-hydrogen) atoms. The van der Waals surface area contributed by atoms with Gasteiger partial charge in [-0.25, -0.2) is 0 Å². The van der Waals surface area contributed by atoms with Crippen LogP contribution in [0.25, 0.3) is 0 Å². The number of rotatable bonds is 9. The summed E-state index contributed by atoms with van der Waals surface area (Å²) in [7, 11) is 1.58. The number of methoxy groups -OCH3 is 1. The molecule has 7 nitrogen and oxygen atoms in total. The quantitative estimate of drug-likeness (QED) is 0.502. The molecule has 0 saturated carbocycles. The zero-order chi connectivity index (χ0) is 24.8. The van der Waals surface area contributed by atoms with Gasteiger partial charge in [-0.15, -0.1) is 0 Å². The Morgan fingerprint density at radius 2 is 1.83 bits per heavy atom. The van der Waals surface area contributed by atoms with Crippen LogP contribution < -0.4 is 5.56 Å². The first-order valence-electron chi connectivity index (χ1n) is 12.3. The standard InChI is InChI=1S/C28H33N3O4/c1-3-4-15-24-29-26(32)25(27(33)30-17-16-22(18-30)20-11-7-5-8-12-20)28(34)31(24)23(19-35-2)21-13-9-6-10-14-21/h5-14,22-23,32H,3-4,15-19H2,1-2H3/t22-,23+/m0/s1. The SMILES string of the molecule is CCCCc1nc(O)c(C(=O)N2CC[C@H](c3ccccc3)C2)c(=O)n1[C@H](COC)c1ccccc1. The number of aromatic nitrogens is 2. The second-order valence-electron chi connectivity index (χ2n) is 9.03. The molecule has 2 heterocycles. The predicted molar refractivity (Wildman–Crippen MR) is 135 cm³/mol. The summed E-state index contributed by atoms with van der Waals surface area (Å²) < 4.78 is 7.02. The first-order chi connectivity index (χ1) is 17.0. The van der Waals surface area contributed by atoms with Gasteiger partial charge in [0.25, 0.3) is 11.5 Å². The van der Waals surface area contributed by atoms with Crippen LogP contribution in [-0.2, 0) is 11.2 Å². The molecule has 0 spiro atoms. The van der Waals surface area contributed by atoms with Gasteiger partial charge in [-0.2, -0.15) is 4.98 Å². The summed E-state index contributed by atoms with van der Waals surface area (Å²) in [5.74, 6) is -0.305. The number of hydrogen-bond acceptors (Lipinski definition) is 5. The number of aromatic hydroxyl groups is 1. The number of ether oxygens (including phenoxy) is 1. The van der Waals surface area contributed by atoms with Crippen molar-refractivity contribution in [3.63, 3.8) is 0 Å². The summed E-state index contributed by atoms with van der Waals surface area (Å²) >= 11 is 0. The molecule has 0 unspecified atom stereocenters. The lowest BCUT2D eigenvalue weighted by Crippen LogP contribution is -2.39. The molecule has 1 amide bonds. The van der Waals surface area contributed by atoms with Crippen LogP contribution in [0, 0.1) is 0 Å². The predicted octanol–water partition coefficient (Wildman–Crippen LogP) is 4.16. The Morgan fingerprint density at radius 3 is 2.49 bits per heavy atom. The molecule has 1 saturated heterocycles. The van der Waals surface area contributed by atoms with Gasteiger partial charge in [-0.05, 0) is 24.0 Å². The second kappa shape index (κ2) is 11.3. The van der Waals surface area contributed by atoms with Crippen molar-refractivity contribution in [1.82, 2.24) is 14.5 Å². The lowest BCUT2D eigenvalue weighted by atomic mass is 9.99. The van der Waals surface area contributed by atoms with E-state index >= 15 is 0 Å². The molecule has 1 fully saturated rings. The van der Waals surface area contributed by atoms with Gasteiger partial charge in [0.2, 0.25) is 5.88 Å². The molecular formula is C28H33N3O4. The molecule has 2 atom stereocenters. The molecule has 184 valence electrons. The Kier molecular flexibility index (Phi) is 7.98. The Morgan fingerprint density at radius 1 is 1.14 bits per heavy atom. The highest BCUT2D eigenvalue weighted by atomic mass is 16.5. The van der Waals surface area contributed by atoms with Crippen LogP contribution in [0.1, 0.15) is 65.5 Å². The molecule has 0 bridgehead atoms. The first kappa shape index (κ1) is 24.7. The normalized spacial score (nSPS) is 16.4. The number of carbonyl (C=O) groups excluding carboxylic acids is 1. The fourth-order valence-corrected chi connectivity index (χ4v) is 4.84. The third kappa shape index (κ3) is 5.30. The van der Waals surface area contributed by atoms with Crippen LogP contribution >= 0.6 is 0 Å². The highest BCUT2D eigenvalue weighted by Gasteiger charge is 2.33. The maximum absolute atomic E-state index is 13.9. The van der Waals surface area contributed by atoms with Crippen LogP contribution in [0.2, 0.25) is 0 Å². The highest BCUT2D eigenvalue weighted by molar-refractivity contribution is 5.96. The molecule has 7 heteroatoms. The van der Waals surface area contributed by atoms with Crippen molar-refractivity contribution in [2.24, 2.45) is 0 Å². The minimum absolute atomic E-state index is 0.201. The van der Waals surface area contributed by atoms with E-state index in [-0.39, 0.29) is 18.1 Å². The zero-order valence-electron chi connectivity index (χ0n) is 20.4. The van der Waals surface area contributed by atoms with Gasteiger partial charge in [0.1, 0.15) is 5.82 Å².